The van der Waals surface area contributed by atoms with Gasteiger partial charge in [-0.25, -0.2) is 4.79 Å². The molecule has 2 amide bonds. The number of halogens is 3. The molecule has 1 saturated heterocycles. The number of carbonyl (C=O) groups is 2. The van der Waals surface area contributed by atoms with E-state index in [1.165, 1.54) is 4.90 Å². The van der Waals surface area contributed by atoms with Gasteiger partial charge in [-0.1, -0.05) is 59.1 Å². The van der Waals surface area contributed by atoms with Crippen LogP contribution in [0.1, 0.15) is 24.0 Å². The zero-order valence-corrected chi connectivity index (χ0v) is 20.9. The van der Waals surface area contributed by atoms with Crippen LogP contribution in [0.5, 0.6) is 0 Å². The summed E-state index contributed by atoms with van der Waals surface area (Å²) in [7, 11) is 0. The Bertz CT molecular complexity index is 1310. The monoisotopic (exact) mass is 529 g/mol. The number of hydrogen-bond acceptors (Lipinski definition) is 3. The van der Waals surface area contributed by atoms with Gasteiger partial charge in [0.15, 0.2) is 0 Å². The number of nitrogens with zero attached hydrogens (tertiary/aromatic N) is 2. The summed E-state index contributed by atoms with van der Waals surface area (Å²) < 4.78 is 0. The molecular formula is C26H22Cl3N3O3. The third-order valence-corrected chi connectivity index (χ3v) is 7.45. The van der Waals surface area contributed by atoms with Gasteiger partial charge in [0.25, 0.3) is 0 Å². The quantitative estimate of drug-likeness (QED) is 0.384. The van der Waals surface area contributed by atoms with Crippen molar-refractivity contribution in [1.29, 1.82) is 0 Å². The van der Waals surface area contributed by atoms with Gasteiger partial charge in [0.2, 0.25) is 0 Å². The minimum absolute atomic E-state index is 0.301. The van der Waals surface area contributed by atoms with E-state index in [2.05, 4.69) is 5.32 Å². The van der Waals surface area contributed by atoms with Crippen molar-refractivity contribution in [2.75, 3.05) is 11.4 Å². The first-order valence-corrected chi connectivity index (χ1v) is 12.4. The summed E-state index contributed by atoms with van der Waals surface area (Å²) in [6.45, 7) is 1.42. The van der Waals surface area contributed by atoms with Crippen LogP contribution in [0.3, 0.4) is 0 Å². The van der Waals surface area contributed by atoms with E-state index < -0.39 is 12.0 Å². The van der Waals surface area contributed by atoms with Crippen molar-refractivity contribution in [3.63, 3.8) is 0 Å². The van der Waals surface area contributed by atoms with Crippen molar-refractivity contribution >= 4 is 58.2 Å². The molecule has 2 heterocycles. The van der Waals surface area contributed by atoms with Crippen LogP contribution in [-0.2, 0) is 17.9 Å². The second kappa shape index (κ2) is 9.70. The van der Waals surface area contributed by atoms with Crippen LogP contribution in [0.15, 0.2) is 54.6 Å². The molecular weight excluding hydrogens is 509 g/mol. The van der Waals surface area contributed by atoms with E-state index in [1.807, 2.05) is 41.3 Å². The predicted molar refractivity (Wildman–Crippen MR) is 139 cm³/mol. The molecule has 1 atom stereocenters. The Hall–Kier alpha value is -2.77. The number of hydrogen-bond donors (Lipinski definition) is 2. The molecule has 35 heavy (non-hydrogen) atoms. The largest absolute Gasteiger partial charge is 0.480 e. The third kappa shape index (κ3) is 4.47. The van der Waals surface area contributed by atoms with Crippen molar-refractivity contribution in [2.45, 2.75) is 32.0 Å². The number of carboxylic acid groups (broad SMARTS) is 1. The number of amides is 2. The maximum Gasteiger partial charge on any atom is 0.326 e. The summed E-state index contributed by atoms with van der Waals surface area (Å²) >= 11 is 19.6. The molecule has 0 radical (unpaired) electrons. The Kier molecular flexibility index (Phi) is 6.64. The molecule has 2 aliphatic heterocycles. The maximum absolute atomic E-state index is 13.2. The van der Waals surface area contributed by atoms with Gasteiger partial charge in [-0.15, -0.1) is 0 Å². The van der Waals surface area contributed by atoms with Crippen LogP contribution in [0.4, 0.5) is 16.2 Å². The molecule has 0 saturated carbocycles. The first-order valence-electron chi connectivity index (χ1n) is 11.2. The van der Waals surface area contributed by atoms with Crippen molar-refractivity contribution < 1.29 is 14.7 Å². The minimum Gasteiger partial charge on any atom is -0.480 e. The first kappa shape index (κ1) is 23.9. The Balaban J connectivity index is 1.70. The summed E-state index contributed by atoms with van der Waals surface area (Å²) in [5.74, 6) is -0.823. The van der Waals surface area contributed by atoms with E-state index in [9.17, 15) is 14.7 Å². The number of urea groups is 1. The Morgan fingerprint density at radius 1 is 1.00 bits per heavy atom. The molecule has 0 aliphatic carbocycles. The van der Waals surface area contributed by atoms with Gasteiger partial charge in [0.05, 0.1) is 21.4 Å². The molecule has 5 rings (SSSR count). The highest BCUT2D eigenvalue weighted by Crippen LogP contribution is 2.45. The molecule has 0 bridgehead atoms. The number of rotatable bonds is 5. The van der Waals surface area contributed by atoms with Crippen LogP contribution in [0.25, 0.3) is 11.1 Å². The predicted octanol–water partition coefficient (Wildman–Crippen LogP) is 6.72. The molecule has 9 heteroatoms. The number of likely N-dealkylation sites (tertiary alicyclic amines) is 1. The molecule has 2 N–H and O–H groups in total. The van der Waals surface area contributed by atoms with Crippen LogP contribution in [0.2, 0.25) is 15.1 Å². The summed E-state index contributed by atoms with van der Waals surface area (Å²) in [4.78, 5) is 28.4. The Morgan fingerprint density at radius 3 is 2.43 bits per heavy atom. The number of carbonyl (C=O) groups excluding carboxylic acids is 1. The van der Waals surface area contributed by atoms with E-state index in [-0.39, 0.29) is 6.03 Å². The second-order valence-electron chi connectivity index (χ2n) is 8.65. The van der Waals surface area contributed by atoms with Crippen molar-refractivity contribution in [1.82, 2.24) is 10.2 Å². The maximum atomic E-state index is 13.2. The van der Waals surface area contributed by atoms with Crippen molar-refractivity contribution in [3.05, 3.63) is 80.8 Å². The van der Waals surface area contributed by atoms with Gasteiger partial charge in [0, 0.05) is 29.2 Å². The Labute approximate surface area is 218 Å². The minimum atomic E-state index is -0.823. The Morgan fingerprint density at radius 2 is 1.71 bits per heavy atom. The molecule has 180 valence electrons. The summed E-state index contributed by atoms with van der Waals surface area (Å²) in [6.07, 6.45) is 1.43. The standard InChI is InChI=1S/C26H22Cl3N3O3/c27-19-6-2-1-5-16(19)17-11-15(14-31-10-4-9-22(31)25(33)34)12-23-18(17)13-30-26(35)32(23)24-20(28)7-3-8-21(24)29/h1-3,5-8,11-12,22H,4,9-10,13-14H2,(H,30,35)(H,33,34). The lowest BCUT2D eigenvalue weighted by Crippen LogP contribution is -2.42. The fourth-order valence-corrected chi connectivity index (χ4v) is 5.72. The summed E-state index contributed by atoms with van der Waals surface area (Å²) in [6, 6.07) is 15.7. The first-order chi connectivity index (χ1) is 16.8. The lowest BCUT2D eigenvalue weighted by Gasteiger charge is -2.33. The summed E-state index contributed by atoms with van der Waals surface area (Å²) in [5.41, 5.74) is 4.46. The third-order valence-electron chi connectivity index (χ3n) is 6.51. The fraction of sp³-hybridized carbons (Fsp3) is 0.231. The van der Waals surface area contributed by atoms with Gasteiger partial charge in [-0.05, 0) is 60.8 Å². The number of carboxylic acids is 1. The normalized spacial score (nSPS) is 17.9. The van der Waals surface area contributed by atoms with E-state index in [0.29, 0.717) is 52.5 Å². The van der Waals surface area contributed by atoms with E-state index in [1.54, 1.807) is 18.2 Å². The number of aliphatic carboxylic acids is 1. The number of fused-ring (bicyclic) bond motifs is 1. The fourth-order valence-electron chi connectivity index (χ4n) is 4.92. The van der Waals surface area contributed by atoms with Crippen LogP contribution in [0, 0.1) is 0 Å². The molecule has 1 unspecified atom stereocenters. The second-order valence-corrected chi connectivity index (χ2v) is 9.87. The van der Waals surface area contributed by atoms with E-state index >= 15 is 0 Å². The number of nitrogens with one attached hydrogen (secondary N) is 1. The molecule has 2 aliphatic rings. The van der Waals surface area contributed by atoms with Gasteiger partial charge in [-0.2, -0.15) is 0 Å². The van der Waals surface area contributed by atoms with Gasteiger partial charge in [0.1, 0.15) is 6.04 Å². The smallest absolute Gasteiger partial charge is 0.326 e. The zero-order valence-electron chi connectivity index (χ0n) is 18.6. The molecule has 3 aromatic carbocycles. The molecule has 3 aromatic rings. The molecule has 0 aromatic heterocycles. The lowest BCUT2D eigenvalue weighted by molar-refractivity contribution is -0.142. The lowest BCUT2D eigenvalue weighted by atomic mass is 9.93. The van der Waals surface area contributed by atoms with Crippen LogP contribution >= 0.6 is 34.8 Å². The highest BCUT2D eigenvalue weighted by atomic mass is 35.5. The van der Waals surface area contributed by atoms with Crippen molar-refractivity contribution in [2.24, 2.45) is 0 Å². The average Bonchev–Trinajstić information content (AvgIpc) is 3.28. The van der Waals surface area contributed by atoms with E-state index in [4.69, 9.17) is 34.8 Å². The number of benzene rings is 3. The average molecular weight is 531 g/mol. The molecule has 1 fully saturated rings. The van der Waals surface area contributed by atoms with Crippen molar-refractivity contribution in [3.8, 4) is 11.1 Å². The van der Waals surface area contributed by atoms with Gasteiger partial charge >= 0.3 is 12.0 Å². The van der Waals surface area contributed by atoms with Crippen LogP contribution in [-0.4, -0.2) is 34.6 Å². The topological polar surface area (TPSA) is 72.9 Å². The summed E-state index contributed by atoms with van der Waals surface area (Å²) in [5, 5.41) is 13.8. The molecule has 0 spiro atoms. The highest BCUT2D eigenvalue weighted by molar-refractivity contribution is 6.40. The van der Waals surface area contributed by atoms with Crippen LogP contribution < -0.4 is 10.2 Å². The zero-order chi connectivity index (χ0) is 24.7. The highest BCUT2D eigenvalue weighted by Gasteiger charge is 2.33. The van der Waals surface area contributed by atoms with Gasteiger partial charge in [-0.3, -0.25) is 14.6 Å². The number of anilines is 2. The number of para-hydroxylation sites is 1. The SMILES string of the molecule is O=C(O)C1CCCN1Cc1cc(-c2ccccc2Cl)c2c(c1)N(c1c(Cl)cccc1Cl)C(=O)NC2. The molecule has 6 nitrogen and oxygen atoms in total. The van der Waals surface area contributed by atoms with Gasteiger partial charge < -0.3 is 10.4 Å². The van der Waals surface area contributed by atoms with E-state index in [0.717, 1.165) is 28.7 Å².